The minimum absolute atomic E-state index is 0.00569. The largest absolute Gasteiger partial charge is 0.356 e. The molecule has 2 heterocycles. The van der Waals surface area contributed by atoms with Crippen LogP contribution in [0.2, 0.25) is 0 Å². The number of hydrogen-bond acceptors (Lipinski definition) is 3. The third kappa shape index (κ3) is 6.58. The van der Waals surface area contributed by atoms with Crippen molar-refractivity contribution in [2.45, 2.75) is 77.0 Å². The summed E-state index contributed by atoms with van der Waals surface area (Å²) in [4.78, 5) is 26.2. The fraction of sp³-hybridized carbons (Fsp3) is 0.405. The minimum atomic E-state index is -0.103. The predicted molar refractivity (Wildman–Crippen MR) is 174 cm³/mol. The van der Waals surface area contributed by atoms with Gasteiger partial charge in [0.05, 0.1) is 5.41 Å². The number of nitrogens with one attached hydrogen (secondary N) is 1. The lowest BCUT2D eigenvalue weighted by Gasteiger charge is -2.27. The van der Waals surface area contributed by atoms with E-state index in [-0.39, 0.29) is 22.5 Å². The van der Waals surface area contributed by atoms with Crippen LogP contribution in [-0.2, 0) is 20.4 Å². The van der Waals surface area contributed by atoms with Gasteiger partial charge in [-0.1, -0.05) is 69.3 Å². The molecule has 0 radical (unpaired) electrons. The predicted octanol–water partition coefficient (Wildman–Crippen LogP) is 7.30. The molecule has 1 amide bonds. The number of benzene rings is 2. The van der Waals surface area contributed by atoms with Crippen LogP contribution >= 0.6 is 0 Å². The highest BCUT2D eigenvalue weighted by atomic mass is 16.1. The molecule has 5 nitrogen and oxygen atoms in total. The Balaban J connectivity index is 1.38. The van der Waals surface area contributed by atoms with Gasteiger partial charge in [-0.15, -0.1) is 5.73 Å². The first-order chi connectivity index (χ1) is 20.1. The van der Waals surface area contributed by atoms with Crippen molar-refractivity contribution in [3.63, 3.8) is 0 Å². The van der Waals surface area contributed by atoms with Crippen LogP contribution in [0.3, 0.4) is 0 Å². The van der Waals surface area contributed by atoms with Crippen molar-refractivity contribution in [3.8, 4) is 0 Å². The van der Waals surface area contributed by atoms with Crippen molar-refractivity contribution in [3.05, 3.63) is 102 Å². The summed E-state index contributed by atoms with van der Waals surface area (Å²) in [6, 6.07) is 17.4. The Morgan fingerprint density at radius 1 is 0.929 bits per heavy atom. The summed E-state index contributed by atoms with van der Waals surface area (Å²) in [6.45, 7) is 14.1. The van der Waals surface area contributed by atoms with Gasteiger partial charge in [-0.25, -0.2) is 0 Å². The van der Waals surface area contributed by atoms with Gasteiger partial charge in [-0.3, -0.25) is 9.59 Å². The van der Waals surface area contributed by atoms with E-state index in [1.807, 2.05) is 0 Å². The number of hydrogen-bond donors (Lipinski definition) is 1. The van der Waals surface area contributed by atoms with Crippen molar-refractivity contribution >= 4 is 28.8 Å². The van der Waals surface area contributed by atoms with Gasteiger partial charge < -0.3 is 10.2 Å². The number of nitrogens with zero attached hydrogens (tertiary/aromatic N) is 2. The zero-order valence-corrected chi connectivity index (χ0v) is 26.0. The summed E-state index contributed by atoms with van der Waals surface area (Å²) in [5, 5.41) is 2.93. The summed E-state index contributed by atoms with van der Waals surface area (Å²) in [5.74, 6) is 0.0494. The summed E-state index contributed by atoms with van der Waals surface area (Å²) in [6.07, 6.45) is 12.5. The maximum Gasteiger partial charge on any atom is 0.219 e. The number of para-hydroxylation sites is 2. The molecule has 0 saturated carbocycles. The zero-order valence-electron chi connectivity index (χ0n) is 26.0. The maximum absolute atomic E-state index is 12.2. The molecule has 2 aromatic rings. The highest BCUT2D eigenvalue weighted by molar-refractivity contribution is 6.03. The summed E-state index contributed by atoms with van der Waals surface area (Å²) < 4.78 is 2.31. The van der Waals surface area contributed by atoms with Gasteiger partial charge in [0.1, 0.15) is 7.05 Å². The van der Waals surface area contributed by atoms with Crippen molar-refractivity contribution in [1.82, 2.24) is 5.32 Å². The summed E-state index contributed by atoms with van der Waals surface area (Å²) in [5.41, 5.74) is 10.2. The van der Waals surface area contributed by atoms with Gasteiger partial charge in [-0.2, -0.15) is 4.58 Å². The lowest BCUT2D eigenvalue weighted by atomic mass is 9.81. The van der Waals surface area contributed by atoms with Crippen LogP contribution in [-0.4, -0.2) is 42.1 Å². The van der Waals surface area contributed by atoms with Crippen molar-refractivity contribution < 1.29 is 14.2 Å². The van der Waals surface area contributed by atoms with Crippen LogP contribution in [0, 0.1) is 0 Å². The lowest BCUT2D eigenvalue weighted by molar-refractivity contribution is -0.401. The smallest absolute Gasteiger partial charge is 0.219 e. The summed E-state index contributed by atoms with van der Waals surface area (Å²) >= 11 is 0. The van der Waals surface area contributed by atoms with Gasteiger partial charge >= 0.3 is 0 Å². The molecule has 5 heteroatoms. The number of carbonyl (C=O) groups excluding carboxylic acids is 2. The van der Waals surface area contributed by atoms with E-state index in [0.29, 0.717) is 25.8 Å². The Labute approximate surface area is 252 Å². The minimum Gasteiger partial charge on any atom is -0.356 e. The number of carbonyl (C=O) groups is 2. The van der Waals surface area contributed by atoms with E-state index >= 15 is 0 Å². The second-order valence-corrected chi connectivity index (χ2v) is 12.4. The lowest BCUT2D eigenvalue weighted by Crippen LogP contribution is -2.28. The highest BCUT2D eigenvalue weighted by Gasteiger charge is 2.43. The first kappa shape index (κ1) is 31.0. The molecule has 0 aromatic heterocycles. The second-order valence-electron chi connectivity index (χ2n) is 12.4. The summed E-state index contributed by atoms with van der Waals surface area (Å²) in [7, 11) is 2.16. The van der Waals surface area contributed by atoms with Crippen LogP contribution in [0.5, 0.6) is 0 Å². The first-order valence-electron chi connectivity index (χ1n) is 15.2. The van der Waals surface area contributed by atoms with Crippen LogP contribution in [0.15, 0.2) is 90.8 Å². The Morgan fingerprint density at radius 3 is 2.38 bits per heavy atom. The van der Waals surface area contributed by atoms with E-state index in [4.69, 9.17) is 0 Å². The molecule has 4 rings (SSSR count). The van der Waals surface area contributed by atoms with E-state index in [1.165, 1.54) is 40.0 Å². The van der Waals surface area contributed by atoms with Gasteiger partial charge in [0.15, 0.2) is 11.5 Å². The number of amides is 1. The Hall–Kier alpha value is -3.95. The molecule has 1 N–H and O–H groups in total. The van der Waals surface area contributed by atoms with E-state index in [1.54, 1.807) is 0 Å². The molecule has 0 spiro atoms. The van der Waals surface area contributed by atoms with Crippen LogP contribution in [0.1, 0.15) is 77.3 Å². The maximum atomic E-state index is 12.2. The van der Waals surface area contributed by atoms with Crippen LogP contribution < -0.4 is 10.2 Å². The van der Waals surface area contributed by atoms with Gasteiger partial charge in [0.2, 0.25) is 11.6 Å². The average Bonchev–Trinajstić information content (AvgIpc) is 3.30. The third-order valence-electron chi connectivity index (χ3n) is 8.72. The number of fused-ring (bicyclic) bond motifs is 2. The molecule has 2 aliphatic heterocycles. The number of rotatable bonds is 13. The monoisotopic (exact) mass is 564 g/mol. The fourth-order valence-corrected chi connectivity index (χ4v) is 6.41. The molecule has 220 valence electrons. The fourth-order valence-electron chi connectivity index (χ4n) is 6.41. The Bertz CT molecular complexity index is 1470. The molecule has 2 aromatic carbocycles. The SMILES string of the molecule is C=C=CC(=O)CCCNC(=O)CCCCCN1C(=CC=CC2=[N+](C)c3ccccc3C2(C)C)C(C)(C)c2ccccc21. The van der Waals surface area contributed by atoms with E-state index in [0.717, 1.165) is 25.8 Å². The Kier molecular flexibility index (Phi) is 9.85. The first-order valence-corrected chi connectivity index (χ1v) is 15.2. The van der Waals surface area contributed by atoms with E-state index in [9.17, 15) is 9.59 Å². The third-order valence-corrected chi connectivity index (χ3v) is 8.72. The quantitative estimate of drug-likeness (QED) is 0.120. The van der Waals surface area contributed by atoms with Crippen LogP contribution in [0.4, 0.5) is 11.4 Å². The van der Waals surface area contributed by atoms with Crippen LogP contribution in [0.25, 0.3) is 0 Å². The molecule has 2 aliphatic rings. The molecule has 0 fully saturated rings. The zero-order chi connectivity index (χ0) is 30.3. The number of unbranched alkanes of at least 4 members (excludes halogenated alkanes) is 2. The molecular formula is C37H46N3O2+. The number of allylic oxidation sites excluding steroid dienone is 5. The van der Waals surface area contributed by atoms with Gasteiger partial charge in [0.25, 0.3) is 0 Å². The Morgan fingerprint density at radius 2 is 1.64 bits per heavy atom. The molecular weight excluding hydrogens is 518 g/mol. The van der Waals surface area contributed by atoms with E-state index < -0.39 is 0 Å². The molecule has 0 unspecified atom stereocenters. The second kappa shape index (κ2) is 13.4. The molecule has 0 aliphatic carbocycles. The molecule has 0 bridgehead atoms. The average molecular weight is 565 g/mol. The highest BCUT2D eigenvalue weighted by Crippen LogP contribution is 2.47. The number of anilines is 1. The topological polar surface area (TPSA) is 52.4 Å². The van der Waals surface area contributed by atoms with E-state index in [2.05, 4.69) is 129 Å². The molecule has 0 saturated heterocycles. The van der Waals surface area contributed by atoms with Crippen molar-refractivity contribution in [2.24, 2.45) is 0 Å². The number of ketones is 1. The normalized spacial score (nSPS) is 17.4. The standard InChI is InChI=1S/C37H45N3O2/c1-7-17-28(41)18-16-26-38-35(42)25-9-8-14-27-40-32-22-13-11-20-30(32)37(4,5)34(40)24-15-23-33-36(2,3)29-19-10-12-21-31(29)39(33)6/h10-13,15,17,19-24H,1,8-9,14,16,18,25-27H2,2-6H3/p+1. The van der Waals surface area contributed by atoms with Gasteiger partial charge in [0, 0.05) is 66.5 Å². The molecule has 0 atom stereocenters. The van der Waals surface area contributed by atoms with Crippen molar-refractivity contribution in [1.29, 1.82) is 0 Å². The van der Waals surface area contributed by atoms with Crippen molar-refractivity contribution in [2.75, 3.05) is 25.0 Å². The molecule has 42 heavy (non-hydrogen) atoms. The van der Waals surface area contributed by atoms with Gasteiger partial charge in [-0.05, 0) is 50.8 Å².